The summed E-state index contributed by atoms with van der Waals surface area (Å²) in [6.45, 7) is 3.18. The van der Waals surface area contributed by atoms with E-state index in [1.165, 1.54) is 78.6 Å². The molecule has 1 aliphatic carbocycles. The van der Waals surface area contributed by atoms with Gasteiger partial charge in [0.15, 0.2) is 0 Å². The minimum absolute atomic E-state index is 0.538. The van der Waals surface area contributed by atoms with Crippen molar-refractivity contribution >= 4 is 22.1 Å². The smallest absolute Gasteiger partial charge is 0.0481 e. The fourth-order valence-corrected chi connectivity index (χ4v) is 7.15. The Morgan fingerprint density at radius 1 is 0.522 bits per heavy atom. The van der Waals surface area contributed by atoms with Gasteiger partial charge in [-0.25, -0.2) is 0 Å². The zero-order valence-corrected chi connectivity index (χ0v) is 26.2. The number of aryl methyl sites for hydroxylation is 1. The molecule has 0 saturated carbocycles. The highest BCUT2D eigenvalue weighted by atomic mass is 15.1. The second-order valence-corrected chi connectivity index (χ2v) is 12.6. The van der Waals surface area contributed by atoms with E-state index in [2.05, 4.69) is 176 Å². The van der Waals surface area contributed by atoms with Crippen LogP contribution < -0.4 is 4.90 Å². The monoisotopic (exact) mass is 591 g/mol. The van der Waals surface area contributed by atoms with Crippen molar-refractivity contribution in [3.63, 3.8) is 0 Å². The van der Waals surface area contributed by atoms with Crippen LogP contribution in [0.4, 0.5) is 11.4 Å². The SMILES string of the molecule is CC1CCc2ccccc2-c2c(-c3ccc(-c4ccc(N(Cc5ccccc5)c5ccc6ccccc6c5)cc4)cc3)cccc21. The van der Waals surface area contributed by atoms with Crippen molar-refractivity contribution in [2.75, 3.05) is 4.90 Å². The second kappa shape index (κ2) is 12.2. The van der Waals surface area contributed by atoms with E-state index in [4.69, 9.17) is 0 Å². The maximum Gasteiger partial charge on any atom is 0.0481 e. The molecule has 222 valence electrons. The first-order chi connectivity index (χ1) is 22.7. The number of hydrogen-bond acceptors (Lipinski definition) is 1. The minimum atomic E-state index is 0.538. The molecule has 0 N–H and O–H groups in total. The Balaban J connectivity index is 1.12. The molecule has 0 spiro atoms. The summed E-state index contributed by atoms with van der Waals surface area (Å²) in [5.41, 5.74) is 14.4. The zero-order chi connectivity index (χ0) is 30.9. The number of anilines is 2. The lowest BCUT2D eigenvalue weighted by Crippen LogP contribution is -2.16. The predicted molar refractivity (Wildman–Crippen MR) is 196 cm³/mol. The Labute approximate surface area is 272 Å². The van der Waals surface area contributed by atoms with Gasteiger partial charge >= 0.3 is 0 Å². The van der Waals surface area contributed by atoms with Crippen LogP contribution in [0.1, 0.15) is 36.0 Å². The Hall–Kier alpha value is -5.40. The largest absolute Gasteiger partial charge is 0.337 e. The van der Waals surface area contributed by atoms with Gasteiger partial charge in [0.1, 0.15) is 0 Å². The molecule has 0 fully saturated rings. The summed E-state index contributed by atoms with van der Waals surface area (Å²) in [5.74, 6) is 0.538. The van der Waals surface area contributed by atoms with Crippen LogP contribution in [0.25, 0.3) is 44.2 Å². The van der Waals surface area contributed by atoms with Crippen LogP contribution in [0.5, 0.6) is 0 Å². The Kier molecular flexibility index (Phi) is 7.44. The van der Waals surface area contributed by atoms with Crippen LogP contribution in [-0.4, -0.2) is 0 Å². The predicted octanol–water partition coefficient (Wildman–Crippen LogP) is 12.2. The van der Waals surface area contributed by atoms with E-state index >= 15 is 0 Å². The van der Waals surface area contributed by atoms with Crippen LogP contribution in [0.15, 0.2) is 164 Å². The van der Waals surface area contributed by atoms with Gasteiger partial charge in [-0.1, -0.05) is 146 Å². The maximum absolute atomic E-state index is 2.41. The van der Waals surface area contributed by atoms with Gasteiger partial charge in [0.2, 0.25) is 0 Å². The number of nitrogens with zero attached hydrogens (tertiary/aromatic N) is 1. The van der Waals surface area contributed by atoms with Crippen LogP contribution in [0.3, 0.4) is 0 Å². The molecule has 46 heavy (non-hydrogen) atoms. The first-order valence-electron chi connectivity index (χ1n) is 16.4. The average molecular weight is 592 g/mol. The molecule has 1 heteroatoms. The topological polar surface area (TPSA) is 3.24 Å². The van der Waals surface area contributed by atoms with Crippen LogP contribution in [0, 0.1) is 0 Å². The highest BCUT2D eigenvalue weighted by molar-refractivity contribution is 5.89. The third-order valence-electron chi connectivity index (χ3n) is 9.70. The quantitative estimate of drug-likeness (QED) is 0.186. The molecule has 0 bridgehead atoms. The molecule has 0 heterocycles. The normalized spacial score (nSPS) is 13.9. The fraction of sp³-hybridized carbons (Fsp3) is 0.111. The maximum atomic E-state index is 2.41. The summed E-state index contributed by atoms with van der Waals surface area (Å²) >= 11 is 0. The van der Waals surface area contributed by atoms with Gasteiger partial charge in [0.25, 0.3) is 0 Å². The molecule has 1 unspecified atom stereocenters. The number of benzene rings is 7. The van der Waals surface area contributed by atoms with Gasteiger partial charge in [-0.05, 0) is 104 Å². The molecule has 1 nitrogen and oxygen atoms in total. The highest BCUT2D eigenvalue weighted by Crippen LogP contribution is 2.44. The molecule has 0 aliphatic heterocycles. The highest BCUT2D eigenvalue weighted by Gasteiger charge is 2.22. The Bertz CT molecular complexity index is 2120. The summed E-state index contributed by atoms with van der Waals surface area (Å²) < 4.78 is 0. The van der Waals surface area contributed by atoms with Gasteiger partial charge in [0.05, 0.1) is 0 Å². The van der Waals surface area contributed by atoms with E-state index in [9.17, 15) is 0 Å². The van der Waals surface area contributed by atoms with E-state index in [0.717, 1.165) is 13.0 Å². The first-order valence-corrected chi connectivity index (χ1v) is 16.4. The summed E-state index contributed by atoms with van der Waals surface area (Å²) in [4.78, 5) is 2.41. The number of fused-ring (bicyclic) bond motifs is 4. The van der Waals surface area contributed by atoms with Crippen LogP contribution >= 0.6 is 0 Å². The lowest BCUT2D eigenvalue weighted by molar-refractivity contribution is 0.689. The molecule has 1 atom stereocenters. The van der Waals surface area contributed by atoms with Gasteiger partial charge in [0, 0.05) is 17.9 Å². The van der Waals surface area contributed by atoms with Crippen molar-refractivity contribution in [2.45, 2.75) is 32.2 Å². The second-order valence-electron chi connectivity index (χ2n) is 12.6. The first kappa shape index (κ1) is 28.1. The van der Waals surface area contributed by atoms with E-state index in [0.29, 0.717) is 5.92 Å². The molecule has 7 aromatic carbocycles. The van der Waals surface area contributed by atoms with Crippen LogP contribution in [-0.2, 0) is 13.0 Å². The standard InChI is InChI=1S/C45H37N/c1-32-18-19-37-13-7-8-15-43(37)45-42(32)16-9-17-44(45)38-22-20-35(21-23-38)36-24-27-40(28-25-36)46(31-33-10-3-2-4-11-33)41-29-26-34-12-5-6-14-39(34)30-41/h2-17,20-30,32H,18-19,31H2,1H3. The van der Waals surface area contributed by atoms with E-state index in [1.807, 2.05) is 0 Å². The van der Waals surface area contributed by atoms with E-state index in [-0.39, 0.29) is 0 Å². The van der Waals surface area contributed by atoms with Crippen molar-refractivity contribution in [3.8, 4) is 33.4 Å². The van der Waals surface area contributed by atoms with E-state index < -0.39 is 0 Å². The lowest BCUT2D eigenvalue weighted by atomic mass is 9.86. The molecule has 0 amide bonds. The third-order valence-corrected chi connectivity index (χ3v) is 9.70. The van der Waals surface area contributed by atoms with Crippen molar-refractivity contribution in [1.82, 2.24) is 0 Å². The Morgan fingerprint density at radius 3 is 1.96 bits per heavy atom. The van der Waals surface area contributed by atoms with Gasteiger partial charge in [-0.2, -0.15) is 0 Å². The van der Waals surface area contributed by atoms with Crippen molar-refractivity contribution in [3.05, 3.63) is 180 Å². The lowest BCUT2D eigenvalue weighted by Gasteiger charge is -2.26. The fourth-order valence-electron chi connectivity index (χ4n) is 7.15. The van der Waals surface area contributed by atoms with Crippen molar-refractivity contribution in [1.29, 1.82) is 0 Å². The molecular formula is C45H37N. The summed E-state index contributed by atoms with van der Waals surface area (Å²) in [7, 11) is 0. The summed E-state index contributed by atoms with van der Waals surface area (Å²) in [6.07, 6.45) is 2.32. The van der Waals surface area contributed by atoms with Gasteiger partial charge < -0.3 is 4.90 Å². The average Bonchev–Trinajstić information content (AvgIpc) is 3.27. The number of hydrogen-bond donors (Lipinski definition) is 0. The third kappa shape index (κ3) is 5.39. The summed E-state index contributed by atoms with van der Waals surface area (Å²) in [6, 6.07) is 60.1. The zero-order valence-electron chi connectivity index (χ0n) is 26.2. The van der Waals surface area contributed by atoms with E-state index in [1.54, 1.807) is 0 Å². The number of rotatable bonds is 6. The van der Waals surface area contributed by atoms with Crippen molar-refractivity contribution in [2.24, 2.45) is 0 Å². The molecule has 0 aromatic heterocycles. The van der Waals surface area contributed by atoms with Gasteiger partial charge in [-0.3, -0.25) is 0 Å². The molecule has 0 radical (unpaired) electrons. The molecule has 0 saturated heterocycles. The molecular weight excluding hydrogens is 555 g/mol. The minimum Gasteiger partial charge on any atom is -0.337 e. The molecule has 8 rings (SSSR count). The molecule has 7 aromatic rings. The molecule has 1 aliphatic rings. The van der Waals surface area contributed by atoms with Crippen molar-refractivity contribution < 1.29 is 0 Å². The summed E-state index contributed by atoms with van der Waals surface area (Å²) in [5, 5.41) is 2.51. The van der Waals surface area contributed by atoms with Gasteiger partial charge in [-0.15, -0.1) is 0 Å². The Morgan fingerprint density at radius 2 is 1.15 bits per heavy atom. The van der Waals surface area contributed by atoms with Crippen LogP contribution in [0.2, 0.25) is 0 Å².